The minimum atomic E-state index is -0.579. The van der Waals surface area contributed by atoms with Crippen LogP contribution in [0, 0.1) is 5.82 Å². The molecule has 32 heavy (non-hydrogen) atoms. The fraction of sp³-hybridized carbons (Fsp3) is 0.160. The second-order valence-electron chi connectivity index (χ2n) is 7.43. The van der Waals surface area contributed by atoms with E-state index in [1.807, 2.05) is 6.07 Å². The first-order valence-corrected chi connectivity index (χ1v) is 10.1. The molecule has 6 nitrogen and oxygen atoms in total. The number of carbonyl (C=O) groups is 1. The number of aromatic nitrogens is 2. The highest BCUT2D eigenvalue weighted by Crippen LogP contribution is 2.24. The summed E-state index contributed by atoms with van der Waals surface area (Å²) in [6.07, 6.45) is 0. The Balaban J connectivity index is 1.86. The highest BCUT2D eigenvalue weighted by atomic mass is 19.1. The average Bonchev–Trinajstić information content (AvgIpc) is 2.82. The Morgan fingerprint density at radius 2 is 1.78 bits per heavy atom. The Hall–Kier alpha value is -4.00. The summed E-state index contributed by atoms with van der Waals surface area (Å²) in [6, 6.07) is 19.1. The number of amides is 1. The minimum Gasteiger partial charge on any atom is -0.497 e. The van der Waals surface area contributed by atoms with Crippen LogP contribution >= 0.6 is 0 Å². The monoisotopic (exact) mass is 431 g/mol. The van der Waals surface area contributed by atoms with E-state index in [4.69, 9.17) is 9.72 Å². The van der Waals surface area contributed by atoms with Crippen LogP contribution in [0.1, 0.15) is 29.1 Å². The number of methoxy groups -OCH3 is 1. The van der Waals surface area contributed by atoms with Gasteiger partial charge in [0.05, 0.1) is 29.7 Å². The maximum Gasteiger partial charge on any atom is 0.266 e. The van der Waals surface area contributed by atoms with Crippen molar-refractivity contribution in [2.24, 2.45) is 0 Å². The van der Waals surface area contributed by atoms with E-state index >= 15 is 0 Å². The standard InChI is InChI=1S/C25H22FN3O3/c1-16(28(2)24(30)17-7-6-8-18(26)15-17)23-27-22-10-5-4-9-21(22)25(31)29(23)19-11-13-20(32-3)14-12-19/h4-16H,1-3H3. The van der Waals surface area contributed by atoms with Crippen molar-refractivity contribution in [2.75, 3.05) is 14.2 Å². The number of carbonyl (C=O) groups excluding carboxylic acids is 1. The number of rotatable bonds is 5. The largest absolute Gasteiger partial charge is 0.497 e. The fourth-order valence-electron chi connectivity index (χ4n) is 3.59. The summed E-state index contributed by atoms with van der Waals surface area (Å²) < 4.78 is 20.4. The molecule has 1 atom stereocenters. The third-order valence-corrected chi connectivity index (χ3v) is 5.48. The van der Waals surface area contributed by atoms with Crippen LogP contribution in [0.15, 0.2) is 77.6 Å². The first-order chi connectivity index (χ1) is 15.4. The predicted octanol–water partition coefficient (Wildman–Crippen LogP) is 4.37. The summed E-state index contributed by atoms with van der Waals surface area (Å²) in [4.78, 5) is 32.7. The first-order valence-electron chi connectivity index (χ1n) is 10.1. The van der Waals surface area contributed by atoms with Gasteiger partial charge >= 0.3 is 0 Å². The predicted molar refractivity (Wildman–Crippen MR) is 121 cm³/mol. The molecule has 4 rings (SSSR count). The molecule has 0 N–H and O–H groups in total. The average molecular weight is 431 g/mol. The second-order valence-corrected chi connectivity index (χ2v) is 7.43. The second kappa shape index (κ2) is 8.63. The molecule has 1 amide bonds. The van der Waals surface area contributed by atoms with Gasteiger partial charge in [0.1, 0.15) is 17.4 Å². The van der Waals surface area contributed by atoms with Crippen LogP contribution in [0.4, 0.5) is 4.39 Å². The van der Waals surface area contributed by atoms with E-state index in [0.717, 1.165) is 0 Å². The van der Waals surface area contributed by atoms with Gasteiger partial charge in [-0.2, -0.15) is 0 Å². The molecular formula is C25H22FN3O3. The highest BCUT2D eigenvalue weighted by molar-refractivity contribution is 5.94. The Labute approximate surface area is 184 Å². The summed E-state index contributed by atoms with van der Waals surface area (Å²) in [5.74, 6) is 0.186. The lowest BCUT2D eigenvalue weighted by Gasteiger charge is -2.27. The van der Waals surface area contributed by atoms with Crippen LogP contribution in [0.25, 0.3) is 16.6 Å². The number of halogens is 1. The molecule has 7 heteroatoms. The van der Waals surface area contributed by atoms with E-state index in [9.17, 15) is 14.0 Å². The van der Waals surface area contributed by atoms with Crippen molar-refractivity contribution >= 4 is 16.8 Å². The van der Waals surface area contributed by atoms with Crippen LogP contribution in [0.5, 0.6) is 5.75 Å². The van der Waals surface area contributed by atoms with E-state index < -0.39 is 11.9 Å². The zero-order chi connectivity index (χ0) is 22.8. The van der Waals surface area contributed by atoms with Crippen molar-refractivity contribution in [3.63, 3.8) is 0 Å². The Morgan fingerprint density at radius 1 is 1.06 bits per heavy atom. The highest BCUT2D eigenvalue weighted by Gasteiger charge is 2.25. The van der Waals surface area contributed by atoms with Gasteiger partial charge in [-0.1, -0.05) is 18.2 Å². The lowest BCUT2D eigenvalue weighted by Crippen LogP contribution is -2.35. The summed E-state index contributed by atoms with van der Waals surface area (Å²) in [5, 5.41) is 0.471. The Kier molecular flexibility index (Phi) is 5.73. The molecule has 0 bridgehead atoms. The topological polar surface area (TPSA) is 64.4 Å². The van der Waals surface area contributed by atoms with Crippen LogP contribution in [0.2, 0.25) is 0 Å². The lowest BCUT2D eigenvalue weighted by atomic mass is 10.1. The summed E-state index contributed by atoms with van der Waals surface area (Å²) in [7, 11) is 3.18. The van der Waals surface area contributed by atoms with Crippen LogP contribution < -0.4 is 10.3 Å². The summed E-state index contributed by atoms with van der Waals surface area (Å²) in [5.41, 5.74) is 1.12. The van der Waals surface area contributed by atoms with Gasteiger partial charge in [-0.05, 0) is 61.5 Å². The number of hydrogen-bond donors (Lipinski definition) is 0. The van der Waals surface area contributed by atoms with E-state index in [1.54, 1.807) is 69.6 Å². The smallest absolute Gasteiger partial charge is 0.266 e. The molecule has 0 aliphatic rings. The molecule has 4 aromatic rings. The molecular weight excluding hydrogens is 409 g/mol. The Morgan fingerprint density at radius 3 is 2.47 bits per heavy atom. The number of benzene rings is 3. The molecule has 0 saturated carbocycles. The SMILES string of the molecule is COc1ccc(-n2c(C(C)N(C)C(=O)c3cccc(F)c3)nc3ccccc3c2=O)cc1. The molecule has 1 heterocycles. The van der Waals surface area contributed by atoms with Gasteiger partial charge in [-0.15, -0.1) is 0 Å². The van der Waals surface area contributed by atoms with Gasteiger partial charge in [-0.25, -0.2) is 9.37 Å². The third kappa shape index (κ3) is 3.85. The third-order valence-electron chi connectivity index (χ3n) is 5.48. The quantitative estimate of drug-likeness (QED) is 0.471. The molecule has 0 aliphatic carbocycles. The maximum atomic E-state index is 13.7. The minimum absolute atomic E-state index is 0.221. The van der Waals surface area contributed by atoms with Crippen LogP contribution in [-0.4, -0.2) is 34.5 Å². The lowest BCUT2D eigenvalue weighted by molar-refractivity contribution is 0.0734. The number of ether oxygens (including phenoxy) is 1. The fourth-order valence-corrected chi connectivity index (χ4v) is 3.59. The summed E-state index contributed by atoms with van der Waals surface area (Å²) >= 11 is 0. The number of nitrogens with zero attached hydrogens (tertiary/aromatic N) is 3. The van der Waals surface area contributed by atoms with Crippen LogP contribution in [-0.2, 0) is 0 Å². The molecule has 0 fully saturated rings. The van der Waals surface area contributed by atoms with Crippen molar-refractivity contribution < 1.29 is 13.9 Å². The molecule has 1 aromatic heterocycles. The van der Waals surface area contributed by atoms with Gasteiger partial charge < -0.3 is 9.64 Å². The van der Waals surface area contributed by atoms with Crippen molar-refractivity contribution in [1.82, 2.24) is 14.5 Å². The molecule has 162 valence electrons. The van der Waals surface area contributed by atoms with E-state index in [2.05, 4.69) is 0 Å². The molecule has 0 spiro atoms. The van der Waals surface area contributed by atoms with Crippen molar-refractivity contribution in [1.29, 1.82) is 0 Å². The molecule has 1 unspecified atom stereocenters. The van der Waals surface area contributed by atoms with Crippen LogP contribution in [0.3, 0.4) is 0 Å². The van der Waals surface area contributed by atoms with Gasteiger partial charge in [0.25, 0.3) is 11.5 Å². The molecule has 0 radical (unpaired) electrons. The molecule has 0 aliphatic heterocycles. The number of fused-ring (bicyclic) bond motifs is 1. The van der Waals surface area contributed by atoms with E-state index in [-0.39, 0.29) is 17.0 Å². The van der Waals surface area contributed by atoms with Gasteiger partial charge in [0, 0.05) is 12.6 Å². The van der Waals surface area contributed by atoms with E-state index in [0.29, 0.717) is 28.2 Å². The van der Waals surface area contributed by atoms with Crippen molar-refractivity contribution in [3.8, 4) is 11.4 Å². The van der Waals surface area contributed by atoms with Gasteiger partial charge in [-0.3, -0.25) is 14.2 Å². The van der Waals surface area contributed by atoms with E-state index in [1.165, 1.54) is 27.7 Å². The number of hydrogen-bond acceptors (Lipinski definition) is 4. The number of para-hydroxylation sites is 1. The molecule has 3 aromatic carbocycles. The maximum absolute atomic E-state index is 13.7. The molecule has 0 saturated heterocycles. The van der Waals surface area contributed by atoms with Crippen molar-refractivity contribution in [3.05, 3.63) is 100 Å². The normalized spacial score (nSPS) is 11.9. The Bertz CT molecular complexity index is 1350. The van der Waals surface area contributed by atoms with Gasteiger partial charge in [0.2, 0.25) is 0 Å². The zero-order valence-electron chi connectivity index (χ0n) is 17.9. The van der Waals surface area contributed by atoms with Crippen molar-refractivity contribution in [2.45, 2.75) is 13.0 Å². The summed E-state index contributed by atoms with van der Waals surface area (Å²) in [6.45, 7) is 1.79. The zero-order valence-corrected chi connectivity index (χ0v) is 17.9. The van der Waals surface area contributed by atoms with Gasteiger partial charge in [0.15, 0.2) is 0 Å². The first kappa shape index (κ1) is 21.2.